The van der Waals surface area contributed by atoms with E-state index in [0.717, 1.165) is 17.9 Å². The summed E-state index contributed by atoms with van der Waals surface area (Å²) in [6.45, 7) is 6.11. The van der Waals surface area contributed by atoms with Crippen molar-refractivity contribution in [2.75, 3.05) is 18.6 Å². The van der Waals surface area contributed by atoms with E-state index in [1.54, 1.807) is 17.8 Å². The molecule has 1 aromatic heterocycles. The lowest BCUT2D eigenvalue weighted by Crippen LogP contribution is -2.38. The second-order valence-electron chi connectivity index (χ2n) is 5.55. The second kappa shape index (κ2) is 6.96. The van der Waals surface area contributed by atoms with Gasteiger partial charge in [-0.1, -0.05) is 20.8 Å². The molecule has 0 saturated heterocycles. The molecule has 1 heterocycles. The zero-order chi connectivity index (χ0) is 14.5. The van der Waals surface area contributed by atoms with E-state index in [-0.39, 0.29) is 24.0 Å². The lowest BCUT2D eigenvalue weighted by atomic mass is 9.92. The number of nitrogens with zero attached hydrogens (tertiary/aromatic N) is 1. The highest BCUT2D eigenvalue weighted by molar-refractivity contribution is 7.98. The molecule has 0 unspecified atom stereocenters. The largest absolute Gasteiger partial charge is 0.394 e. The number of thioether (sulfide) groups is 1. The Bertz CT molecular complexity index is 412. The lowest BCUT2D eigenvalue weighted by molar-refractivity contribution is 0.0910. The predicted octanol–water partition coefficient (Wildman–Crippen LogP) is 1.55. The summed E-state index contributed by atoms with van der Waals surface area (Å²) in [5.41, 5.74) is 1.22. The van der Waals surface area contributed by atoms with E-state index >= 15 is 0 Å². The third-order valence-electron chi connectivity index (χ3n) is 2.84. The number of aromatic amines is 1. The van der Waals surface area contributed by atoms with Gasteiger partial charge in [0.15, 0.2) is 0 Å². The van der Waals surface area contributed by atoms with Crippen LogP contribution in [-0.4, -0.2) is 45.9 Å². The number of aromatic nitrogens is 2. The molecule has 0 saturated carbocycles. The van der Waals surface area contributed by atoms with Crippen LogP contribution in [0.15, 0.2) is 6.07 Å². The van der Waals surface area contributed by atoms with Crippen molar-refractivity contribution < 1.29 is 9.90 Å². The van der Waals surface area contributed by atoms with Crippen LogP contribution in [0.3, 0.4) is 0 Å². The van der Waals surface area contributed by atoms with Crippen LogP contribution in [-0.2, 0) is 5.41 Å². The minimum absolute atomic E-state index is 0.0527. The van der Waals surface area contributed by atoms with Crippen LogP contribution >= 0.6 is 11.8 Å². The van der Waals surface area contributed by atoms with Crippen molar-refractivity contribution in [3.63, 3.8) is 0 Å². The first-order chi connectivity index (χ1) is 8.88. The van der Waals surface area contributed by atoms with E-state index < -0.39 is 0 Å². The molecule has 0 fully saturated rings. The molecule has 0 aliphatic rings. The van der Waals surface area contributed by atoms with Gasteiger partial charge in [0.05, 0.1) is 12.6 Å². The van der Waals surface area contributed by atoms with Crippen LogP contribution in [0.5, 0.6) is 0 Å². The highest BCUT2D eigenvalue weighted by atomic mass is 32.2. The molecule has 1 aromatic rings. The summed E-state index contributed by atoms with van der Waals surface area (Å²) in [6, 6.07) is 1.55. The molecule has 0 radical (unpaired) electrons. The van der Waals surface area contributed by atoms with Crippen molar-refractivity contribution in [2.45, 2.75) is 38.6 Å². The number of aliphatic hydroxyl groups excluding tert-OH is 1. The Morgan fingerprint density at radius 1 is 1.58 bits per heavy atom. The normalized spacial score (nSPS) is 13.3. The van der Waals surface area contributed by atoms with Gasteiger partial charge < -0.3 is 10.4 Å². The zero-order valence-electron chi connectivity index (χ0n) is 12.0. The van der Waals surface area contributed by atoms with Gasteiger partial charge in [0, 0.05) is 11.1 Å². The van der Waals surface area contributed by atoms with Gasteiger partial charge in [-0.15, -0.1) is 0 Å². The molecule has 0 aliphatic carbocycles. The number of nitrogens with one attached hydrogen (secondary N) is 2. The Morgan fingerprint density at radius 2 is 2.26 bits per heavy atom. The summed E-state index contributed by atoms with van der Waals surface area (Å²) in [7, 11) is 0. The zero-order valence-corrected chi connectivity index (χ0v) is 12.8. The fourth-order valence-electron chi connectivity index (χ4n) is 1.55. The molecular weight excluding hydrogens is 262 g/mol. The van der Waals surface area contributed by atoms with Crippen LogP contribution in [0.2, 0.25) is 0 Å². The van der Waals surface area contributed by atoms with Crippen LogP contribution in [0.1, 0.15) is 43.4 Å². The second-order valence-corrected chi connectivity index (χ2v) is 6.54. The standard InChI is InChI=1S/C13H23N3O2S/c1-13(2,3)11-7-10(15-16-11)12(18)14-9(8-17)5-6-19-4/h7,9,17H,5-6,8H2,1-4H3,(H,14,18)(H,15,16)/t9-/m1/s1. The number of aliphatic hydroxyl groups is 1. The molecule has 1 amide bonds. The molecule has 3 N–H and O–H groups in total. The average molecular weight is 285 g/mol. The summed E-state index contributed by atoms with van der Waals surface area (Å²) in [5.74, 6) is 0.658. The van der Waals surface area contributed by atoms with Gasteiger partial charge in [-0.3, -0.25) is 9.89 Å². The van der Waals surface area contributed by atoms with Crippen molar-refractivity contribution in [1.29, 1.82) is 0 Å². The first-order valence-electron chi connectivity index (χ1n) is 6.35. The van der Waals surface area contributed by atoms with Gasteiger partial charge in [0.1, 0.15) is 5.69 Å². The molecular formula is C13H23N3O2S. The molecule has 19 heavy (non-hydrogen) atoms. The van der Waals surface area contributed by atoms with Crippen LogP contribution < -0.4 is 5.32 Å². The van der Waals surface area contributed by atoms with E-state index in [0.29, 0.717) is 5.69 Å². The molecule has 0 bridgehead atoms. The number of rotatable bonds is 6. The van der Waals surface area contributed by atoms with E-state index in [2.05, 4.69) is 36.3 Å². The molecule has 6 heteroatoms. The SMILES string of the molecule is CSCC[C@H](CO)NC(=O)c1cc(C(C)(C)C)[nH]n1. The van der Waals surface area contributed by atoms with Crippen molar-refractivity contribution in [3.8, 4) is 0 Å². The van der Waals surface area contributed by atoms with Crippen LogP contribution in [0.4, 0.5) is 0 Å². The van der Waals surface area contributed by atoms with E-state index in [1.165, 1.54) is 0 Å². The van der Waals surface area contributed by atoms with Crippen molar-refractivity contribution >= 4 is 17.7 Å². The maximum Gasteiger partial charge on any atom is 0.272 e. The van der Waals surface area contributed by atoms with Gasteiger partial charge in [0.25, 0.3) is 5.91 Å². The number of H-pyrrole nitrogens is 1. The molecule has 0 spiro atoms. The minimum atomic E-state index is -0.244. The fourth-order valence-corrected chi connectivity index (χ4v) is 2.07. The van der Waals surface area contributed by atoms with Gasteiger partial charge >= 0.3 is 0 Å². The average Bonchev–Trinajstić information content (AvgIpc) is 2.83. The van der Waals surface area contributed by atoms with E-state index in [4.69, 9.17) is 0 Å². The van der Waals surface area contributed by atoms with E-state index in [1.807, 2.05) is 6.26 Å². The Hall–Kier alpha value is -1.01. The van der Waals surface area contributed by atoms with E-state index in [9.17, 15) is 9.90 Å². The number of carbonyl (C=O) groups excluding carboxylic acids is 1. The topological polar surface area (TPSA) is 78.0 Å². The van der Waals surface area contributed by atoms with Gasteiger partial charge in [-0.25, -0.2) is 0 Å². The highest BCUT2D eigenvalue weighted by Crippen LogP contribution is 2.20. The Kier molecular flexibility index (Phi) is 5.87. The molecule has 0 aliphatic heterocycles. The molecule has 5 nitrogen and oxygen atoms in total. The Morgan fingerprint density at radius 3 is 2.74 bits per heavy atom. The van der Waals surface area contributed by atoms with Crippen LogP contribution in [0.25, 0.3) is 0 Å². The van der Waals surface area contributed by atoms with Crippen molar-refractivity contribution in [3.05, 3.63) is 17.5 Å². The number of hydrogen-bond donors (Lipinski definition) is 3. The van der Waals surface area contributed by atoms with Gasteiger partial charge in [0.2, 0.25) is 0 Å². The van der Waals surface area contributed by atoms with Crippen molar-refractivity contribution in [1.82, 2.24) is 15.5 Å². The quantitative estimate of drug-likeness (QED) is 0.741. The predicted molar refractivity (Wildman–Crippen MR) is 78.6 cm³/mol. The molecule has 0 aromatic carbocycles. The first kappa shape index (κ1) is 16.0. The molecule has 108 valence electrons. The maximum absolute atomic E-state index is 12.0. The van der Waals surface area contributed by atoms with Gasteiger partial charge in [-0.2, -0.15) is 16.9 Å². The fraction of sp³-hybridized carbons (Fsp3) is 0.692. The summed E-state index contributed by atoms with van der Waals surface area (Å²) in [4.78, 5) is 12.0. The highest BCUT2D eigenvalue weighted by Gasteiger charge is 2.20. The smallest absolute Gasteiger partial charge is 0.272 e. The summed E-state index contributed by atoms with van der Waals surface area (Å²) in [6.07, 6.45) is 2.75. The van der Waals surface area contributed by atoms with Gasteiger partial charge in [-0.05, 0) is 24.5 Å². The monoisotopic (exact) mass is 285 g/mol. The summed E-state index contributed by atoms with van der Waals surface area (Å²) < 4.78 is 0. The third-order valence-corrected chi connectivity index (χ3v) is 3.49. The molecule has 1 atom stereocenters. The number of hydrogen-bond acceptors (Lipinski definition) is 4. The minimum Gasteiger partial charge on any atom is -0.394 e. The number of carbonyl (C=O) groups is 1. The van der Waals surface area contributed by atoms with Crippen LogP contribution in [0, 0.1) is 0 Å². The van der Waals surface area contributed by atoms with Crippen molar-refractivity contribution in [2.24, 2.45) is 0 Å². The Labute approximate surface area is 118 Å². The first-order valence-corrected chi connectivity index (χ1v) is 7.74. The lowest BCUT2D eigenvalue weighted by Gasteiger charge is -2.15. The molecule has 1 rings (SSSR count). The summed E-state index contributed by atoms with van der Waals surface area (Å²) in [5, 5.41) is 18.9. The summed E-state index contributed by atoms with van der Waals surface area (Å²) >= 11 is 1.69. The third kappa shape index (κ3) is 4.87. The maximum atomic E-state index is 12.0. The number of amides is 1. The Balaban J connectivity index is 2.64.